The average Bonchev–Trinajstić information content (AvgIpc) is 2.50. The van der Waals surface area contributed by atoms with Crippen LogP contribution in [0.1, 0.15) is 37.0 Å². The van der Waals surface area contributed by atoms with Crippen molar-refractivity contribution in [3.63, 3.8) is 0 Å². The molecule has 0 aliphatic heterocycles. The summed E-state index contributed by atoms with van der Waals surface area (Å²) in [7, 11) is 4.60. The van der Waals surface area contributed by atoms with E-state index in [1.54, 1.807) is 19.2 Å². The first kappa shape index (κ1) is 16.1. The number of nitrogens with one attached hydrogen (secondary N) is 1. The zero-order chi connectivity index (χ0) is 15.1. The Morgan fingerprint density at radius 3 is 1.95 bits per heavy atom. The maximum absolute atomic E-state index is 12.3. The van der Waals surface area contributed by atoms with Gasteiger partial charge in [0.1, 0.15) is 5.75 Å². The lowest BCUT2D eigenvalue weighted by molar-refractivity contribution is 0.0931. The molecule has 0 saturated heterocycles. The molecule has 5 nitrogen and oxygen atoms in total. The summed E-state index contributed by atoms with van der Waals surface area (Å²) in [5.74, 6) is 1.33. The van der Waals surface area contributed by atoms with Crippen LogP contribution in [-0.2, 0) is 0 Å². The van der Waals surface area contributed by atoms with E-state index < -0.39 is 0 Å². The third kappa shape index (κ3) is 3.56. The summed E-state index contributed by atoms with van der Waals surface area (Å²) in [6, 6.07) is 3.44. The molecule has 5 heteroatoms. The number of rotatable bonds is 7. The Morgan fingerprint density at radius 2 is 1.50 bits per heavy atom. The van der Waals surface area contributed by atoms with Gasteiger partial charge in [-0.25, -0.2) is 0 Å². The number of benzene rings is 1. The fourth-order valence-corrected chi connectivity index (χ4v) is 1.96. The van der Waals surface area contributed by atoms with Gasteiger partial charge in [-0.15, -0.1) is 0 Å². The van der Waals surface area contributed by atoms with E-state index in [2.05, 4.69) is 5.32 Å². The highest BCUT2D eigenvalue weighted by atomic mass is 16.5. The maximum atomic E-state index is 12.3. The van der Waals surface area contributed by atoms with Crippen molar-refractivity contribution in [2.45, 2.75) is 32.7 Å². The molecule has 0 aliphatic rings. The second kappa shape index (κ2) is 7.62. The fourth-order valence-electron chi connectivity index (χ4n) is 1.96. The highest BCUT2D eigenvalue weighted by Gasteiger charge is 2.19. The van der Waals surface area contributed by atoms with Crippen LogP contribution in [0.2, 0.25) is 0 Å². The van der Waals surface area contributed by atoms with Crippen LogP contribution in [0, 0.1) is 0 Å². The molecule has 1 rings (SSSR count). The molecule has 20 heavy (non-hydrogen) atoms. The number of methoxy groups -OCH3 is 3. The number of amides is 1. The van der Waals surface area contributed by atoms with Crippen LogP contribution in [0.25, 0.3) is 0 Å². The van der Waals surface area contributed by atoms with Crippen LogP contribution < -0.4 is 19.5 Å². The van der Waals surface area contributed by atoms with Gasteiger partial charge in [-0.3, -0.25) is 4.79 Å². The van der Waals surface area contributed by atoms with Crippen LogP contribution in [0.5, 0.6) is 17.2 Å². The Balaban J connectivity index is 3.12. The van der Waals surface area contributed by atoms with Gasteiger partial charge in [-0.1, -0.05) is 13.8 Å². The predicted octanol–water partition coefficient (Wildman–Crippen LogP) is 2.63. The molecule has 0 saturated carbocycles. The van der Waals surface area contributed by atoms with Crippen LogP contribution in [0.4, 0.5) is 0 Å². The third-order valence-corrected chi connectivity index (χ3v) is 3.27. The summed E-state index contributed by atoms with van der Waals surface area (Å²) < 4.78 is 15.7. The molecular formula is C15H23NO4. The molecule has 0 heterocycles. The van der Waals surface area contributed by atoms with Gasteiger partial charge in [0.2, 0.25) is 0 Å². The van der Waals surface area contributed by atoms with Gasteiger partial charge >= 0.3 is 0 Å². The van der Waals surface area contributed by atoms with Gasteiger partial charge in [0, 0.05) is 18.2 Å². The quantitative estimate of drug-likeness (QED) is 0.834. The molecule has 0 aliphatic carbocycles. The molecule has 1 amide bonds. The van der Waals surface area contributed by atoms with Crippen molar-refractivity contribution in [1.29, 1.82) is 0 Å². The Morgan fingerprint density at radius 1 is 1.00 bits per heavy atom. The standard InChI is InChI=1S/C15H23NO4/c1-6-10(7-2)16-15(17)11-8-13(19-4)14(20-5)9-12(11)18-3/h8-10H,6-7H2,1-5H3,(H,16,17). The topological polar surface area (TPSA) is 56.8 Å². The first-order chi connectivity index (χ1) is 9.60. The van der Waals surface area contributed by atoms with Gasteiger partial charge in [0.15, 0.2) is 11.5 Å². The predicted molar refractivity (Wildman–Crippen MR) is 77.9 cm³/mol. The van der Waals surface area contributed by atoms with E-state index in [1.165, 1.54) is 14.2 Å². The number of hydrogen-bond donors (Lipinski definition) is 1. The molecule has 0 spiro atoms. The highest BCUT2D eigenvalue weighted by Crippen LogP contribution is 2.34. The summed E-state index contributed by atoms with van der Waals surface area (Å²) in [6.45, 7) is 4.08. The summed E-state index contributed by atoms with van der Waals surface area (Å²) in [5.41, 5.74) is 0.442. The lowest BCUT2D eigenvalue weighted by atomic mass is 10.1. The lowest BCUT2D eigenvalue weighted by Crippen LogP contribution is -2.34. The number of hydrogen-bond acceptors (Lipinski definition) is 4. The van der Waals surface area contributed by atoms with E-state index in [4.69, 9.17) is 14.2 Å². The summed E-state index contributed by atoms with van der Waals surface area (Å²) >= 11 is 0. The van der Waals surface area contributed by atoms with E-state index in [0.717, 1.165) is 12.8 Å². The summed E-state index contributed by atoms with van der Waals surface area (Å²) in [6.07, 6.45) is 1.77. The summed E-state index contributed by atoms with van der Waals surface area (Å²) in [5, 5.41) is 2.98. The van der Waals surface area contributed by atoms with Crippen molar-refractivity contribution in [3.8, 4) is 17.2 Å². The molecule has 1 aromatic rings. The SMILES string of the molecule is CCC(CC)NC(=O)c1cc(OC)c(OC)cc1OC. The molecular weight excluding hydrogens is 258 g/mol. The van der Waals surface area contributed by atoms with E-state index in [-0.39, 0.29) is 11.9 Å². The maximum Gasteiger partial charge on any atom is 0.255 e. The van der Waals surface area contributed by atoms with Crippen molar-refractivity contribution in [3.05, 3.63) is 17.7 Å². The van der Waals surface area contributed by atoms with Crippen molar-refractivity contribution in [2.24, 2.45) is 0 Å². The van der Waals surface area contributed by atoms with Crippen molar-refractivity contribution < 1.29 is 19.0 Å². The number of carbonyl (C=O) groups excluding carboxylic acids is 1. The molecule has 112 valence electrons. The first-order valence-corrected chi connectivity index (χ1v) is 6.72. The smallest absolute Gasteiger partial charge is 0.255 e. The molecule has 0 atom stereocenters. The zero-order valence-electron chi connectivity index (χ0n) is 12.8. The minimum Gasteiger partial charge on any atom is -0.496 e. The van der Waals surface area contributed by atoms with Crippen LogP contribution in [0.3, 0.4) is 0 Å². The van der Waals surface area contributed by atoms with Gasteiger partial charge in [0.25, 0.3) is 5.91 Å². The Bertz CT molecular complexity index is 455. The second-order valence-electron chi connectivity index (χ2n) is 4.39. The Hall–Kier alpha value is -1.91. The molecule has 0 aromatic heterocycles. The molecule has 1 aromatic carbocycles. The minimum absolute atomic E-state index is 0.153. The Kier molecular flexibility index (Phi) is 6.15. The van der Waals surface area contributed by atoms with Crippen molar-refractivity contribution >= 4 is 5.91 Å². The number of ether oxygens (including phenoxy) is 3. The third-order valence-electron chi connectivity index (χ3n) is 3.27. The molecule has 0 unspecified atom stereocenters. The van der Waals surface area contributed by atoms with E-state index in [1.807, 2.05) is 13.8 Å². The molecule has 1 N–H and O–H groups in total. The van der Waals surface area contributed by atoms with Crippen LogP contribution >= 0.6 is 0 Å². The van der Waals surface area contributed by atoms with E-state index >= 15 is 0 Å². The highest BCUT2D eigenvalue weighted by molar-refractivity contribution is 5.98. The molecule has 0 radical (unpaired) electrons. The van der Waals surface area contributed by atoms with Crippen molar-refractivity contribution in [2.75, 3.05) is 21.3 Å². The molecule has 0 bridgehead atoms. The molecule has 0 fully saturated rings. The van der Waals surface area contributed by atoms with Crippen LogP contribution in [-0.4, -0.2) is 33.3 Å². The van der Waals surface area contributed by atoms with Gasteiger partial charge in [-0.2, -0.15) is 0 Å². The fraction of sp³-hybridized carbons (Fsp3) is 0.533. The normalized spacial score (nSPS) is 10.3. The van der Waals surface area contributed by atoms with Crippen molar-refractivity contribution in [1.82, 2.24) is 5.32 Å². The average molecular weight is 281 g/mol. The lowest BCUT2D eigenvalue weighted by Gasteiger charge is -2.17. The van der Waals surface area contributed by atoms with Gasteiger partial charge in [-0.05, 0) is 12.8 Å². The monoisotopic (exact) mass is 281 g/mol. The second-order valence-corrected chi connectivity index (χ2v) is 4.39. The largest absolute Gasteiger partial charge is 0.496 e. The van der Waals surface area contributed by atoms with E-state index in [0.29, 0.717) is 22.8 Å². The minimum atomic E-state index is -0.170. The Labute approximate surface area is 120 Å². The summed E-state index contributed by atoms with van der Waals surface area (Å²) in [4.78, 5) is 12.3. The van der Waals surface area contributed by atoms with E-state index in [9.17, 15) is 4.79 Å². The zero-order valence-corrected chi connectivity index (χ0v) is 12.8. The number of carbonyl (C=O) groups is 1. The van der Waals surface area contributed by atoms with Gasteiger partial charge in [0.05, 0.1) is 26.9 Å². The van der Waals surface area contributed by atoms with Crippen LogP contribution in [0.15, 0.2) is 12.1 Å². The van der Waals surface area contributed by atoms with Gasteiger partial charge < -0.3 is 19.5 Å². The first-order valence-electron chi connectivity index (χ1n) is 6.72.